The van der Waals surface area contributed by atoms with Gasteiger partial charge in [-0.2, -0.15) is 99.4 Å². The Morgan fingerprint density at radius 2 is 0.449 bits per heavy atom. The average molecular weight is 1320 g/mol. The molecule has 0 atom stereocenters. The number of sulfonamides is 6. The summed E-state index contributed by atoms with van der Waals surface area (Å²) in [5, 5.41) is 16.5. The number of halogens is 18. The fourth-order valence-electron chi connectivity index (χ4n) is 3.59. The van der Waals surface area contributed by atoms with Crippen molar-refractivity contribution >= 4 is 60.1 Å². The Morgan fingerprint density at radius 3 is 0.564 bits per heavy atom. The molecule has 0 amide bonds. The van der Waals surface area contributed by atoms with E-state index >= 15 is 0 Å². The molecular formula is C28H18CoF18N13O12S6. The van der Waals surface area contributed by atoms with Crippen molar-refractivity contribution in [2.75, 3.05) is 0 Å². The molecule has 438 valence electrons. The first-order valence-corrected chi connectivity index (χ1v) is 26.2. The van der Waals surface area contributed by atoms with Crippen LogP contribution in [0.4, 0.5) is 79.0 Å². The van der Waals surface area contributed by atoms with Gasteiger partial charge >= 0.3 is 49.8 Å². The van der Waals surface area contributed by atoms with Crippen LogP contribution in [0, 0.1) is 0 Å². The van der Waals surface area contributed by atoms with Gasteiger partial charge < -0.3 is 12.4 Å². The number of nitrogens with zero attached hydrogens (tertiary/aromatic N) is 13. The Morgan fingerprint density at radius 1 is 0.295 bits per heavy atom. The van der Waals surface area contributed by atoms with E-state index in [1.54, 1.807) is 43.5 Å². The van der Waals surface area contributed by atoms with Gasteiger partial charge in [-0.05, 0) is 48.5 Å². The van der Waals surface area contributed by atoms with Gasteiger partial charge in [0.15, 0.2) is 83.4 Å². The smallest absolute Gasteiger partial charge is 0.421 e. The van der Waals surface area contributed by atoms with Gasteiger partial charge in [0.25, 0.3) is 0 Å². The summed E-state index contributed by atoms with van der Waals surface area (Å²) in [5.41, 5.74) is -37.2. The third kappa shape index (κ3) is 19.7. The molecule has 0 saturated carbocycles. The van der Waals surface area contributed by atoms with Crippen LogP contribution in [0.25, 0.3) is 35.7 Å². The molecule has 25 nitrogen and oxygen atoms in total. The molecule has 0 aliphatic rings. The number of alkyl halides is 18. The third-order valence-corrected chi connectivity index (χ3v) is 15.0. The minimum atomic E-state index is -6.72. The van der Waals surface area contributed by atoms with E-state index in [9.17, 15) is 130 Å². The third-order valence-electron chi connectivity index (χ3n) is 6.74. The zero-order chi connectivity index (χ0) is 59.7. The van der Waals surface area contributed by atoms with Crippen molar-refractivity contribution in [2.24, 2.45) is 0 Å². The monoisotopic (exact) mass is 1320 g/mol. The van der Waals surface area contributed by atoms with E-state index in [2.05, 4.69) is 30.4 Å². The van der Waals surface area contributed by atoms with Crippen LogP contribution < -0.4 is 0 Å². The largest absolute Gasteiger partial charge is 3.00 e. The second-order valence-electron chi connectivity index (χ2n) is 12.3. The zero-order valence-corrected chi connectivity index (χ0v) is 41.6. The van der Waals surface area contributed by atoms with Gasteiger partial charge in [0.05, 0.1) is 0 Å². The summed E-state index contributed by atoms with van der Waals surface area (Å²) in [4.78, 5) is 8.92. The van der Waals surface area contributed by atoms with Crippen molar-refractivity contribution in [3.63, 3.8) is 0 Å². The van der Waals surface area contributed by atoms with Crippen LogP contribution in [0.1, 0.15) is 0 Å². The van der Waals surface area contributed by atoms with E-state index in [4.69, 9.17) is 0 Å². The predicted molar refractivity (Wildman–Crippen MR) is 217 cm³/mol. The fraction of sp³-hybridized carbons (Fsp3) is 0.214. The molecule has 0 unspecified atom stereocenters. The molecule has 0 saturated heterocycles. The number of pyridine rings is 2. The van der Waals surface area contributed by atoms with Crippen LogP contribution in [0.5, 0.6) is 0 Å². The minimum absolute atomic E-state index is 0. The molecule has 6 heterocycles. The first-order chi connectivity index (χ1) is 34.5. The summed E-state index contributed by atoms with van der Waals surface area (Å²) in [6.07, 6.45) is 14.3. The SMILES string of the molecule is O=S(=O)([N-]S(=O)(=O)C(F)(F)F)C(F)(F)F.O=S(=O)([N-]S(=O)(=O)C(F)(F)F)C(F)(F)F.O=S(=O)([N-]S(=O)(=O)C(F)(F)F)C(F)(F)F.[Co+3].c1cc(-n2cccn2)nc(-n2cccn2)c1.c1cc(-n2cccn2)nc(-n2cccn2)c1. The molecule has 0 N–H and O–H groups in total. The molecule has 0 aliphatic carbocycles. The minimum Gasteiger partial charge on any atom is -0.421 e. The normalized spacial score (nSPS) is 13.2. The Bertz CT molecular complexity index is 3030. The van der Waals surface area contributed by atoms with Gasteiger partial charge in [0.1, 0.15) is 0 Å². The maximum absolute atomic E-state index is 11.4. The van der Waals surface area contributed by atoms with E-state index in [0.717, 1.165) is 35.7 Å². The van der Waals surface area contributed by atoms with Crippen LogP contribution in [0.15, 0.2) is 110 Å². The maximum atomic E-state index is 11.4. The number of rotatable bonds is 10. The van der Waals surface area contributed by atoms with Crippen LogP contribution in [0.2, 0.25) is 0 Å². The van der Waals surface area contributed by atoms with Crippen molar-refractivity contribution in [1.82, 2.24) is 49.1 Å². The maximum Gasteiger partial charge on any atom is 3.00 e. The molecule has 6 rings (SSSR count). The summed E-state index contributed by atoms with van der Waals surface area (Å²) in [5.74, 6) is 3.10. The second kappa shape index (κ2) is 25.4. The molecule has 0 aliphatic heterocycles. The Hall–Kier alpha value is -6.03. The molecule has 50 heteroatoms. The Balaban J connectivity index is 0.000000486. The van der Waals surface area contributed by atoms with Crippen LogP contribution in [-0.2, 0) is 76.9 Å². The molecule has 0 spiro atoms. The van der Waals surface area contributed by atoms with Crippen molar-refractivity contribution < 1.29 is 146 Å². The predicted octanol–water partition coefficient (Wildman–Crippen LogP) is 6.08. The fourth-order valence-corrected chi connectivity index (χ4v) is 8.72. The summed E-state index contributed by atoms with van der Waals surface area (Å²) >= 11 is 0. The van der Waals surface area contributed by atoms with E-state index in [1.807, 2.05) is 85.5 Å². The first kappa shape index (κ1) is 70.0. The van der Waals surface area contributed by atoms with Gasteiger partial charge in [-0.3, -0.25) is 0 Å². The van der Waals surface area contributed by atoms with Crippen molar-refractivity contribution in [1.29, 1.82) is 0 Å². The van der Waals surface area contributed by atoms with Crippen molar-refractivity contribution in [3.8, 4) is 23.3 Å². The zero-order valence-electron chi connectivity index (χ0n) is 35.7. The molecule has 0 bridgehead atoms. The molecule has 0 radical (unpaired) electrons. The Labute approximate surface area is 432 Å². The molecule has 0 fully saturated rings. The van der Waals surface area contributed by atoms with E-state index < -0.39 is 93.2 Å². The van der Waals surface area contributed by atoms with Crippen LogP contribution in [-0.4, -0.2) is 133 Å². The quantitative estimate of drug-likeness (QED) is 0.140. The number of hydrogen-bond acceptors (Lipinski definition) is 18. The summed E-state index contributed by atoms with van der Waals surface area (Å²) in [7, 11) is -40.3. The van der Waals surface area contributed by atoms with E-state index in [1.165, 1.54) is 0 Å². The van der Waals surface area contributed by atoms with E-state index in [-0.39, 0.29) is 16.8 Å². The second-order valence-corrected chi connectivity index (χ2v) is 22.5. The van der Waals surface area contributed by atoms with Gasteiger partial charge in [-0.25, -0.2) is 79.2 Å². The average Bonchev–Trinajstić information content (AvgIpc) is 4.10. The molecule has 0 aromatic carbocycles. The molecule has 78 heavy (non-hydrogen) atoms. The summed E-state index contributed by atoms with van der Waals surface area (Å²) in [6, 6.07) is 18.9. The molecule has 6 aromatic heterocycles. The van der Waals surface area contributed by atoms with Gasteiger partial charge in [0, 0.05) is 49.6 Å². The summed E-state index contributed by atoms with van der Waals surface area (Å²) in [6.45, 7) is 0. The van der Waals surface area contributed by atoms with E-state index in [0.29, 0.717) is 0 Å². The summed E-state index contributed by atoms with van der Waals surface area (Å²) < 4.78 is 334. The Kier molecular flexibility index (Phi) is 22.8. The topological polar surface area (TPSA) is 344 Å². The first-order valence-electron chi connectivity index (χ1n) is 17.5. The van der Waals surface area contributed by atoms with Crippen LogP contribution >= 0.6 is 0 Å². The van der Waals surface area contributed by atoms with Crippen LogP contribution in [0.3, 0.4) is 0 Å². The number of hydrogen-bond donors (Lipinski definition) is 0. The standard InChI is InChI=1S/2C11H9N5.3C2F6NO4S2.Co/c2*1-4-10(15-8-2-6-12-15)14-11(5-1)16-9-3-7-13-16;3*3-1(4,5)14(10,11)9-15(12,13)2(6,7)8;/h2*1-9H;;;;/q;;3*-1;+3. The number of aromatic nitrogens is 10. The van der Waals surface area contributed by atoms with Crippen molar-refractivity contribution in [2.45, 2.75) is 33.0 Å². The molecular weight excluding hydrogens is 1300 g/mol. The molecule has 6 aromatic rings. The van der Waals surface area contributed by atoms with Crippen molar-refractivity contribution in [3.05, 3.63) is 123 Å². The van der Waals surface area contributed by atoms with Gasteiger partial charge in [-0.15, -0.1) is 0 Å². The van der Waals surface area contributed by atoms with Gasteiger partial charge in [-0.1, -0.05) is 12.1 Å². The van der Waals surface area contributed by atoms with Gasteiger partial charge in [0.2, 0.25) is 0 Å².